The summed E-state index contributed by atoms with van der Waals surface area (Å²) in [5, 5.41) is 15.5. The molecule has 0 spiro atoms. The highest BCUT2D eigenvalue weighted by Crippen LogP contribution is 2.36. The quantitative estimate of drug-likeness (QED) is 0.640. The Morgan fingerprint density at radius 2 is 2.04 bits per heavy atom. The van der Waals surface area contributed by atoms with Gasteiger partial charge in [-0.05, 0) is 25.2 Å². The van der Waals surface area contributed by atoms with Gasteiger partial charge in [0.25, 0.3) is 0 Å². The molecule has 1 amide bonds. The van der Waals surface area contributed by atoms with Gasteiger partial charge >= 0.3 is 0 Å². The van der Waals surface area contributed by atoms with E-state index in [9.17, 15) is 4.79 Å². The number of methoxy groups -OCH3 is 2. The van der Waals surface area contributed by atoms with Crippen molar-refractivity contribution >= 4 is 23.2 Å². The largest absolute Gasteiger partial charge is 0.495 e. The lowest BCUT2D eigenvalue weighted by Crippen LogP contribution is -2.38. The number of rotatable bonds is 9. The van der Waals surface area contributed by atoms with E-state index in [4.69, 9.17) is 26.2 Å². The van der Waals surface area contributed by atoms with E-state index in [-0.39, 0.29) is 25.1 Å². The van der Waals surface area contributed by atoms with Crippen molar-refractivity contribution < 1.29 is 19.4 Å². The van der Waals surface area contributed by atoms with Gasteiger partial charge in [-0.3, -0.25) is 4.79 Å². The Balaban J connectivity index is 1.96. The maximum Gasteiger partial charge on any atom is 0.238 e. The highest BCUT2D eigenvalue weighted by Gasteiger charge is 2.30. The maximum absolute atomic E-state index is 12.2. The fourth-order valence-electron chi connectivity index (χ4n) is 2.52. The molecule has 1 aliphatic carbocycles. The Hall–Kier alpha value is -1.50. The number of aliphatic hydroxyl groups is 1. The summed E-state index contributed by atoms with van der Waals surface area (Å²) in [6, 6.07) is 3.42. The zero-order chi connectivity index (χ0) is 16.8. The van der Waals surface area contributed by atoms with Crippen LogP contribution >= 0.6 is 11.6 Å². The molecule has 23 heavy (non-hydrogen) atoms. The smallest absolute Gasteiger partial charge is 0.238 e. The van der Waals surface area contributed by atoms with Crippen LogP contribution in [0.3, 0.4) is 0 Å². The molecule has 0 heterocycles. The van der Waals surface area contributed by atoms with Crippen LogP contribution in [-0.4, -0.2) is 44.4 Å². The summed E-state index contributed by atoms with van der Waals surface area (Å²) < 4.78 is 10.4. The van der Waals surface area contributed by atoms with Gasteiger partial charge in [0.2, 0.25) is 5.91 Å². The minimum atomic E-state index is -0.184. The SMILES string of the molecule is COc1cc(NC(=O)CNC(CCO)C2CC2)c(OC)cc1Cl. The summed E-state index contributed by atoms with van der Waals surface area (Å²) in [6.07, 6.45) is 2.97. The standard InChI is InChI=1S/C16H23ClN2O4/c1-22-14-8-13(15(23-2)7-11(14)17)19-16(21)9-18-12(5-6-20)10-3-4-10/h7-8,10,12,18,20H,3-6,9H2,1-2H3,(H,19,21). The summed E-state index contributed by atoms with van der Waals surface area (Å²) in [6.45, 7) is 0.299. The molecule has 1 fully saturated rings. The van der Waals surface area contributed by atoms with Crippen molar-refractivity contribution in [3.05, 3.63) is 17.2 Å². The molecule has 3 N–H and O–H groups in total. The van der Waals surface area contributed by atoms with Crippen LogP contribution in [0.25, 0.3) is 0 Å². The lowest BCUT2D eigenvalue weighted by Gasteiger charge is -2.17. The van der Waals surface area contributed by atoms with Crippen molar-refractivity contribution in [3.8, 4) is 11.5 Å². The Morgan fingerprint density at radius 1 is 1.35 bits per heavy atom. The fourth-order valence-corrected chi connectivity index (χ4v) is 2.75. The molecule has 2 rings (SSSR count). The number of halogens is 1. The normalized spacial score (nSPS) is 15.1. The molecule has 6 nitrogen and oxygen atoms in total. The van der Waals surface area contributed by atoms with Crippen LogP contribution in [0.4, 0.5) is 5.69 Å². The van der Waals surface area contributed by atoms with Gasteiger partial charge in [-0.15, -0.1) is 0 Å². The molecule has 0 bridgehead atoms. The van der Waals surface area contributed by atoms with Crippen LogP contribution in [-0.2, 0) is 4.79 Å². The van der Waals surface area contributed by atoms with Gasteiger partial charge in [0, 0.05) is 24.8 Å². The van der Waals surface area contributed by atoms with Crippen LogP contribution in [0.2, 0.25) is 5.02 Å². The Bertz CT molecular complexity index is 549. The van der Waals surface area contributed by atoms with E-state index in [0.717, 1.165) is 12.8 Å². The summed E-state index contributed by atoms with van der Waals surface area (Å²) in [4.78, 5) is 12.2. The summed E-state index contributed by atoms with van der Waals surface area (Å²) in [7, 11) is 3.02. The monoisotopic (exact) mass is 342 g/mol. The van der Waals surface area contributed by atoms with Crippen molar-refractivity contribution in [2.75, 3.05) is 32.7 Å². The zero-order valence-corrected chi connectivity index (χ0v) is 14.2. The van der Waals surface area contributed by atoms with E-state index in [1.807, 2.05) is 0 Å². The van der Waals surface area contributed by atoms with Gasteiger partial charge < -0.3 is 25.2 Å². The van der Waals surface area contributed by atoms with Crippen LogP contribution in [0, 0.1) is 5.92 Å². The van der Waals surface area contributed by atoms with Crippen LogP contribution in [0.15, 0.2) is 12.1 Å². The van der Waals surface area contributed by atoms with E-state index in [1.165, 1.54) is 14.2 Å². The number of amides is 1. The highest BCUT2D eigenvalue weighted by atomic mass is 35.5. The van der Waals surface area contributed by atoms with Gasteiger partial charge in [0.15, 0.2) is 0 Å². The fraction of sp³-hybridized carbons (Fsp3) is 0.562. The molecule has 0 aromatic heterocycles. The third-order valence-corrected chi connectivity index (χ3v) is 4.20. The predicted molar refractivity (Wildman–Crippen MR) is 89.4 cm³/mol. The number of hydrogen-bond acceptors (Lipinski definition) is 5. The topological polar surface area (TPSA) is 79.8 Å². The minimum absolute atomic E-state index is 0.123. The van der Waals surface area contributed by atoms with E-state index in [0.29, 0.717) is 34.5 Å². The summed E-state index contributed by atoms with van der Waals surface area (Å²) in [5.74, 6) is 1.32. The summed E-state index contributed by atoms with van der Waals surface area (Å²) in [5.41, 5.74) is 0.505. The van der Waals surface area contributed by atoms with Gasteiger partial charge in [0.05, 0.1) is 31.5 Å². The Kier molecular flexibility index (Phi) is 6.50. The second-order valence-electron chi connectivity index (χ2n) is 5.57. The molecular formula is C16H23ClN2O4. The second kappa shape index (κ2) is 8.38. The third kappa shape index (κ3) is 4.99. The summed E-state index contributed by atoms with van der Waals surface area (Å²) >= 11 is 6.04. The second-order valence-corrected chi connectivity index (χ2v) is 5.98. The van der Waals surface area contributed by atoms with Crippen molar-refractivity contribution in [2.24, 2.45) is 5.92 Å². The number of carbonyl (C=O) groups is 1. The van der Waals surface area contributed by atoms with Gasteiger partial charge in [0.1, 0.15) is 11.5 Å². The van der Waals surface area contributed by atoms with Crippen LogP contribution < -0.4 is 20.1 Å². The number of ether oxygens (including phenoxy) is 2. The first-order valence-electron chi connectivity index (χ1n) is 7.64. The van der Waals surface area contributed by atoms with Crippen LogP contribution in [0.1, 0.15) is 19.3 Å². The molecule has 1 saturated carbocycles. The van der Waals surface area contributed by atoms with Crippen LogP contribution in [0.5, 0.6) is 11.5 Å². The average Bonchev–Trinajstić information content (AvgIpc) is 3.37. The average molecular weight is 343 g/mol. The first kappa shape index (κ1) is 17.8. The zero-order valence-electron chi connectivity index (χ0n) is 13.4. The first-order chi connectivity index (χ1) is 11.1. The van der Waals surface area contributed by atoms with E-state index in [2.05, 4.69) is 10.6 Å². The number of anilines is 1. The molecular weight excluding hydrogens is 320 g/mol. The molecule has 1 aromatic rings. The van der Waals surface area contributed by atoms with Crippen molar-refractivity contribution in [2.45, 2.75) is 25.3 Å². The molecule has 1 atom stereocenters. The van der Waals surface area contributed by atoms with Gasteiger partial charge in [-0.25, -0.2) is 0 Å². The minimum Gasteiger partial charge on any atom is -0.495 e. The predicted octanol–water partition coefficient (Wildman–Crippen LogP) is 2.05. The lowest BCUT2D eigenvalue weighted by molar-refractivity contribution is -0.115. The molecule has 1 unspecified atom stereocenters. The Morgan fingerprint density at radius 3 is 2.61 bits per heavy atom. The molecule has 1 aromatic carbocycles. The van der Waals surface area contributed by atoms with Crippen molar-refractivity contribution in [1.29, 1.82) is 0 Å². The maximum atomic E-state index is 12.2. The number of nitrogens with one attached hydrogen (secondary N) is 2. The van der Waals surface area contributed by atoms with Gasteiger partial charge in [-0.1, -0.05) is 11.6 Å². The molecule has 7 heteroatoms. The van der Waals surface area contributed by atoms with E-state index < -0.39 is 0 Å². The van der Waals surface area contributed by atoms with Crippen molar-refractivity contribution in [1.82, 2.24) is 5.32 Å². The highest BCUT2D eigenvalue weighted by molar-refractivity contribution is 6.32. The van der Waals surface area contributed by atoms with Gasteiger partial charge in [-0.2, -0.15) is 0 Å². The molecule has 1 aliphatic rings. The molecule has 0 aliphatic heterocycles. The first-order valence-corrected chi connectivity index (χ1v) is 8.02. The Labute approximate surface area is 141 Å². The number of hydrogen-bond donors (Lipinski definition) is 3. The van der Waals surface area contributed by atoms with Crippen molar-refractivity contribution in [3.63, 3.8) is 0 Å². The lowest BCUT2D eigenvalue weighted by atomic mass is 10.1. The number of aliphatic hydroxyl groups excluding tert-OH is 1. The molecule has 0 saturated heterocycles. The number of benzene rings is 1. The van der Waals surface area contributed by atoms with E-state index in [1.54, 1.807) is 12.1 Å². The molecule has 0 radical (unpaired) electrons. The molecule has 128 valence electrons. The third-order valence-electron chi connectivity index (χ3n) is 3.90. The number of carbonyl (C=O) groups excluding carboxylic acids is 1. The van der Waals surface area contributed by atoms with E-state index >= 15 is 0 Å².